The number of para-hydroxylation sites is 1. The number of rotatable bonds is 6. The molecule has 4 nitrogen and oxygen atoms in total. The van der Waals surface area contributed by atoms with Crippen molar-refractivity contribution in [2.75, 3.05) is 12.4 Å². The minimum absolute atomic E-state index is 0.118. The quantitative estimate of drug-likeness (QED) is 0.789. The van der Waals surface area contributed by atoms with E-state index in [1.807, 2.05) is 0 Å². The van der Waals surface area contributed by atoms with Gasteiger partial charge in [0, 0.05) is 18.4 Å². The molecule has 25 heavy (non-hydrogen) atoms. The Bertz CT molecular complexity index is 772. The van der Waals surface area contributed by atoms with Gasteiger partial charge >= 0.3 is 6.18 Å². The number of carbonyl (C=O) groups is 2. The Balaban J connectivity index is 1.98. The van der Waals surface area contributed by atoms with Gasteiger partial charge in [-0.3, -0.25) is 9.59 Å². The van der Waals surface area contributed by atoms with Crippen molar-refractivity contribution in [3.63, 3.8) is 0 Å². The van der Waals surface area contributed by atoms with Crippen molar-refractivity contribution in [3.05, 3.63) is 59.7 Å². The molecular weight excluding hydrogens is 335 g/mol. The third-order valence-electron chi connectivity index (χ3n) is 3.48. The van der Waals surface area contributed by atoms with E-state index in [1.54, 1.807) is 24.3 Å². The molecule has 2 aromatic rings. The Morgan fingerprint density at radius 3 is 2.44 bits per heavy atom. The lowest BCUT2D eigenvalue weighted by Crippen LogP contribution is -2.17. The molecule has 0 atom stereocenters. The fourth-order valence-corrected chi connectivity index (χ4v) is 2.22. The van der Waals surface area contributed by atoms with Crippen LogP contribution < -0.4 is 10.1 Å². The number of ether oxygens (including phenoxy) is 1. The van der Waals surface area contributed by atoms with Crippen LogP contribution in [0.4, 0.5) is 18.9 Å². The molecule has 132 valence electrons. The highest BCUT2D eigenvalue weighted by Crippen LogP contribution is 2.34. The van der Waals surface area contributed by atoms with Gasteiger partial charge in [0.1, 0.15) is 5.75 Å². The van der Waals surface area contributed by atoms with Crippen LogP contribution in [0.5, 0.6) is 5.75 Å². The van der Waals surface area contributed by atoms with Crippen molar-refractivity contribution in [2.24, 2.45) is 0 Å². The maximum absolute atomic E-state index is 12.9. The highest BCUT2D eigenvalue weighted by Gasteiger charge is 2.33. The molecule has 0 aliphatic rings. The summed E-state index contributed by atoms with van der Waals surface area (Å²) in [6.45, 7) is 0. The van der Waals surface area contributed by atoms with Crippen LogP contribution in [-0.4, -0.2) is 18.8 Å². The number of anilines is 1. The number of methoxy groups -OCH3 is 1. The van der Waals surface area contributed by atoms with Gasteiger partial charge in [0.15, 0.2) is 5.78 Å². The van der Waals surface area contributed by atoms with Gasteiger partial charge in [-0.15, -0.1) is 0 Å². The van der Waals surface area contributed by atoms with Crippen LogP contribution in [-0.2, 0) is 11.0 Å². The van der Waals surface area contributed by atoms with E-state index in [1.165, 1.54) is 25.3 Å². The molecule has 0 heterocycles. The first-order valence-electron chi connectivity index (χ1n) is 7.44. The first-order valence-corrected chi connectivity index (χ1v) is 7.44. The number of halogens is 3. The van der Waals surface area contributed by atoms with Crippen molar-refractivity contribution in [1.29, 1.82) is 0 Å². The van der Waals surface area contributed by atoms with E-state index in [0.29, 0.717) is 11.3 Å². The molecule has 0 aliphatic carbocycles. The number of ketones is 1. The number of Topliss-reactive ketones (excluding diaryl/α,β-unsaturated/α-hetero) is 1. The van der Waals surface area contributed by atoms with Crippen molar-refractivity contribution in [3.8, 4) is 5.75 Å². The normalized spacial score (nSPS) is 11.0. The lowest BCUT2D eigenvalue weighted by Gasteiger charge is -2.13. The van der Waals surface area contributed by atoms with Gasteiger partial charge in [0.05, 0.1) is 18.4 Å². The molecule has 1 amide bonds. The predicted molar refractivity (Wildman–Crippen MR) is 86.6 cm³/mol. The molecule has 2 rings (SSSR count). The summed E-state index contributed by atoms with van der Waals surface area (Å²) in [5, 5.41) is 2.21. The van der Waals surface area contributed by atoms with E-state index in [-0.39, 0.29) is 24.3 Å². The van der Waals surface area contributed by atoms with Crippen LogP contribution in [0, 0.1) is 0 Å². The first kappa shape index (κ1) is 18.5. The second-order valence-corrected chi connectivity index (χ2v) is 5.25. The number of benzene rings is 2. The van der Waals surface area contributed by atoms with Crippen molar-refractivity contribution in [2.45, 2.75) is 19.0 Å². The predicted octanol–water partition coefficient (Wildman–Crippen LogP) is 4.32. The summed E-state index contributed by atoms with van der Waals surface area (Å²) in [5.41, 5.74) is -0.876. The number of amides is 1. The van der Waals surface area contributed by atoms with E-state index in [9.17, 15) is 22.8 Å². The number of alkyl halides is 3. The van der Waals surface area contributed by atoms with E-state index < -0.39 is 17.6 Å². The number of hydrogen-bond donors (Lipinski definition) is 1. The summed E-state index contributed by atoms with van der Waals surface area (Å²) in [7, 11) is 1.47. The van der Waals surface area contributed by atoms with E-state index in [4.69, 9.17) is 4.74 Å². The second-order valence-electron chi connectivity index (χ2n) is 5.25. The molecule has 0 fully saturated rings. The van der Waals surface area contributed by atoms with Crippen LogP contribution in [0.2, 0.25) is 0 Å². The van der Waals surface area contributed by atoms with Gasteiger partial charge < -0.3 is 10.1 Å². The van der Waals surface area contributed by atoms with E-state index in [2.05, 4.69) is 5.32 Å². The Labute approximate surface area is 142 Å². The van der Waals surface area contributed by atoms with Crippen LogP contribution in [0.1, 0.15) is 28.8 Å². The largest absolute Gasteiger partial charge is 0.497 e. The Morgan fingerprint density at radius 2 is 1.76 bits per heavy atom. The zero-order valence-corrected chi connectivity index (χ0v) is 13.4. The molecule has 7 heteroatoms. The summed E-state index contributed by atoms with van der Waals surface area (Å²) in [6.07, 6.45) is -4.91. The Hall–Kier alpha value is -2.83. The minimum Gasteiger partial charge on any atom is -0.497 e. The number of carbonyl (C=O) groups excluding carboxylic acids is 2. The van der Waals surface area contributed by atoms with Gasteiger partial charge in [0.2, 0.25) is 5.91 Å². The first-order chi connectivity index (χ1) is 11.8. The highest BCUT2D eigenvalue weighted by atomic mass is 19.4. The third-order valence-corrected chi connectivity index (χ3v) is 3.48. The molecule has 0 saturated carbocycles. The maximum Gasteiger partial charge on any atom is 0.418 e. The molecule has 0 aliphatic heterocycles. The summed E-state index contributed by atoms with van der Waals surface area (Å²) in [4.78, 5) is 24.0. The summed E-state index contributed by atoms with van der Waals surface area (Å²) in [5.74, 6) is -0.444. The Morgan fingerprint density at radius 1 is 1.04 bits per heavy atom. The number of hydrogen-bond acceptors (Lipinski definition) is 3. The van der Waals surface area contributed by atoms with Crippen LogP contribution in [0.15, 0.2) is 48.5 Å². The molecule has 0 bridgehead atoms. The van der Waals surface area contributed by atoms with Crippen LogP contribution >= 0.6 is 0 Å². The summed E-state index contributed by atoms with van der Waals surface area (Å²) >= 11 is 0. The van der Waals surface area contributed by atoms with Gasteiger partial charge in [-0.25, -0.2) is 0 Å². The zero-order valence-electron chi connectivity index (χ0n) is 13.4. The second kappa shape index (κ2) is 7.83. The fourth-order valence-electron chi connectivity index (χ4n) is 2.22. The topological polar surface area (TPSA) is 55.4 Å². The van der Waals surface area contributed by atoms with Crippen molar-refractivity contribution < 1.29 is 27.5 Å². The Kier molecular flexibility index (Phi) is 5.80. The summed E-state index contributed by atoms with van der Waals surface area (Å²) in [6, 6.07) is 11.1. The van der Waals surface area contributed by atoms with Gasteiger partial charge in [0.25, 0.3) is 0 Å². The standard InChI is InChI=1S/C18H16F3NO3/c1-25-13-6-4-5-12(11-13)16(23)9-10-17(24)22-15-8-3-2-7-14(15)18(19,20)21/h2-8,11H,9-10H2,1H3,(H,22,24). The lowest BCUT2D eigenvalue weighted by molar-refractivity contribution is -0.137. The fraction of sp³-hybridized carbons (Fsp3) is 0.222. The average molecular weight is 351 g/mol. The van der Waals surface area contributed by atoms with Gasteiger partial charge in [-0.1, -0.05) is 24.3 Å². The van der Waals surface area contributed by atoms with E-state index in [0.717, 1.165) is 6.07 Å². The molecule has 0 radical (unpaired) electrons. The molecule has 0 saturated heterocycles. The third kappa shape index (κ3) is 5.07. The molecule has 0 spiro atoms. The lowest BCUT2D eigenvalue weighted by atomic mass is 10.1. The van der Waals surface area contributed by atoms with Crippen molar-refractivity contribution in [1.82, 2.24) is 0 Å². The summed E-state index contributed by atoms with van der Waals surface area (Å²) < 4.78 is 43.7. The molecular formula is C18H16F3NO3. The minimum atomic E-state index is -4.57. The highest BCUT2D eigenvalue weighted by molar-refractivity contribution is 6.00. The molecule has 0 unspecified atom stereocenters. The van der Waals surface area contributed by atoms with Gasteiger partial charge in [-0.05, 0) is 24.3 Å². The maximum atomic E-state index is 12.9. The van der Waals surface area contributed by atoms with Gasteiger partial charge in [-0.2, -0.15) is 13.2 Å². The van der Waals surface area contributed by atoms with E-state index >= 15 is 0 Å². The smallest absolute Gasteiger partial charge is 0.418 e. The molecule has 0 aromatic heterocycles. The van der Waals surface area contributed by atoms with Crippen LogP contribution in [0.3, 0.4) is 0 Å². The van der Waals surface area contributed by atoms with Crippen LogP contribution in [0.25, 0.3) is 0 Å². The zero-order chi connectivity index (χ0) is 18.4. The monoisotopic (exact) mass is 351 g/mol. The SMILES string of the molecule is COc1cccc(C(=O)CCC(=O)Nc2ccccc2C(F)(F)F)c1. The number of nitrogens with one attached hydrogen (secondary N) is 1. The van der Waals surface area contributed by atoms with Crippen molar-refractivity contribution >= 4 is 17.4 Å². The molecule has 1 N–H and O–H groups in total. The average Bonchev–Trinajstić information content (AvgIpc) is 2.59. The molecule has 2 aromatic carbocycles.